The number of ether oxygens (including phenoxy) is 3. The Balaban J connectivity index is 2.11. The summed E-state index contributed by atoms with van der Waals surface area (Å²) in [5.74, 6) is 1.74. The van der Waals surface area contributed by atoms with Crippen molar-refractivity contribution < 1.29 is 19.4 Å². The van der Waals surface area contributed by atoms with Crippen molar-refractivity contribution >= 4 is 5.71 Å². The van der Waals surface area contributed by atoms with Gasteiger partial charge in [-0.15, -0.1) is 0 Å². The Bertz CT molecular complexity index is 654. The zero-order valence-corrected chi connectivity index (χ0v) is 12.7. The van der Waals surface area contributed by atoms with Gasteiger partial charge in [-0.25, -0.2) is 4.98 Å². The number of hydrogen-bond acceptors (Lipinski definition) is 6. The van der Waals surface area contributed by atoms with Gasteiger partial charge >= 0.3 is 0 Å². The molecular weight excluding hydrogens is 284 g/mol. The van der Waals surface area contributed by atoms with Crippen molar-refractivity contribution in [3.8, 4) is 17.4 Å². The summed E-state index contributed by atoms with van der Waals surface area (Å²) < 4.78 is 16.1. The van der Waals surface area contributed by atoms with Crippen molar-refractivity contribution in [1.29, 1.82) is 0 Å². The SMILES string of the molecule is COc1ccc(COc2ccc(/C(C)=N/O)cc2OC)cn1. The summed E-state index contributed by atoms with van der Waals surface area (Å²) in [6, 6.07) is 9.00. The number of pyridine rings is 1. The molecule has 0 atom stereocenters. The molecule has 1 heterocycles. The highest BCUT2D eigenvalue weighted by Gasteiger charge is 2.08. The van der Waals surface area contributed by atoms with Gasteiger partial charge in [-0.1, -0.05) is 5.16 Å². The molecule has 0 saturated carbocycles. The van der Waals surface area contributed by atoms with Gasteiger partial charge in [0.1, 0.15) is 6.61 Å². The van der Waals surface area contributed by atoms with Crippen molar-refractivity contribution in [2.75, 3.05) is 14.2 Å². The predicted octanol–water partition coefficient (Wildman–Crippen LogP) is 2.88. The summed E-state index contributed by atoms with van der Waals surface area (Å²) in [4.78, 5) is 4.12. The monoisotopic (exact) mass is 302 g/mol. The largest absolute Gasteiger partial charge is 0.493 e. The normalized spacial score (nSPS) is 11.1. The average Bonchev–Trinajstić information content (AvgIpc) is 2.59. The topological polar surface area (TPSA) is 73.2 Å². The van der Waals surface area contributed by atoms with E-state index >= 15 is 0 Å². The summed E-state index contributed by atoms with van der Waals surface area (Å²) in [5.41, 5.74) is 2.18. The van der Waals surface area contributed by atoms with Crippen LogP contribution in [0.2, 0.25) is 0 Å². The van der Waals surface area contributed by atoms with E-state index in [0.29, 0.717) is 29.7 Å². The van der Waals surface area contributed by atoms with E-state index in [-0.39, 0.29) is 0 Å². The van der Waals surface area contributed by atoms with Gasteiger partial charge in [-0.2, -0.15) is 0 Å². The lowest BCUT2D eigenvalue weighted by atomic mass is 10.1. The van der Waals surface area contributed by atoms with E-state index in [1.807, 2.05) is 6.07 Å². The minimum atomic E-state index is 0.361. The van der Waals surface area contributed by atoms with Crippen LogP contribution in [0, 0.1) is 0 Å². The van der Waals surface area contributed by atoms with E-state index in [1.165, 1.54) is 0 Å². The summed E-state index contributed by atoms with van der Waals surface area (Å²) in [6.45, 7) is 2.07. The summed E-state index contributed by atoms with van der Waals surface area (Å²) >= 11 is 0. The summed E-state index contributed by atoms with van der Waals surface area (Å²) in [6.07, 6.45) is 1.70. The Morgan fingerprint density at radius 3 is 2.55 bits per heavy atom. The van der Waals surface area contributed by atoms with Crippen LogP contribution in [0.15, 0.2) is 41.7 Å². The van der Waals surface area contributed by atoms with Crippen molar-refractivity contribution in [3.63, 3.8) is 0 Å². The lowest BCUT2D eigenvalue weighted by Gasteiger charge is -2.12. The van der Waals surface area contributed by atoms with Crippen molar-refractivity contribution in [1.82, 2.24) is 4.98 Å². The molecule has 1 N–H and O–H groups in total. The second-order valence-electron chi connectivity index (χ2n) is 4.55. The average molecular weight is 302 g/mol. The molecule has 0 aliphatic rings. The first-order valence-corrected chi connectivity index (χ1v) is 6.66. The molecule has 1 aromatic carbocycles. The van der Waals surface area contributed by atoms with Crippen molar-refractivity contribution in [2.45, 2.75) is 13.5 Å². The smallest absolute Gasteiger partial charge is 0.212 e. The lowest BCUT2D eigenvalue weighted by molar-refractivity contribution is 0.283. The third-order valence-corrected chi connectivity index (χ3v) is 3.13. The van der Waals surface area contributed by atoms with E-state index < -0.39 is 0 Å². The molecule has 22 heavy (non-hydrogen) atoms. The number of oxime groups is 1. The van der Waals surface area contributed by atoms with Crippen molar-refractivity contribution in [2.24, 2.45) is 5.16 Å². The molecule has 0 radical (unpaired) electrons. The fraction of sp³-hybridized carbons (Fsp3) is 0.250. The highest BCUT2D eigenvalue weighted by molar-refractivity contribution is 5.98. The molecule has 0 saturated heterocycles. The molecule has 2 aromatic rings. The Kier molecular flexibility index (Phi) is 5.19. The van der Waals surface area contributed by atoms with Crippen LogP contribution >= 0.6 is 0 Å². The van der Waals surface area contributed by atoms with Gasteiger partial charge in [-0.05, 0) is 31.2 Å². The lowest BCUT2D eigenvalue weighted by Crippen LogP contribution is -2.01. The van der Waals surface area contributed by atoms with Gasteiger partial charge in [0, 0.05) is 23.4 Å². The van der Waals surface area contributed by atoms with Crippen LogP contribution < -0.4 is 14.2 Å². The Morgan fingerprint density at radius 2 is 1.95 bits per heavy atom. The molecule has 116 valence electrons. The molecule has 6 nitrogen and oxygen atoms in total. The fourth-order valence-corrected chi connectivity index (χ4v) is 1.85. The van der Waals surface area contributed by atoms with E-state index in [4.69, 9.17) is 19.4 Å². The third kappa shape index (κ3) is 3.66. The molecule has 0 bridgehead atoms. The molecule has 2 rings (SSSR count). The van der Waals surface area contributed by atoms with Crippen LogP contribution in [0.4, 0.5) is 0 Å². The second-order valence-corrected chi connectivity index (χ2v) is 4.55. The maximum absolute atomic E-state index is 8.81. The zero-order valence-electron chi connectivity index (χ0n) is 12.7. The Labute approximate surface area is 129 Å². The zero-order chi connectivity index (χ0) is 15.9. The van der Waals surface area contributed by atoms with Crippen LogP contribution in [-0.4, -0.2) is 30.1 Å². The molecule has 0 aliphatic carbocycles. The van der Waals surface area contributed by atoms with Crippen molar-refractivity contribution in [3.05, 3.63) is 47.7 Å². The summed E-state index contributed by atoms with van der Waals surface area (Å²) in [7, 11) is 3.13. The number of rotatable bonds is 6. The van der Waals surface area contributed by atoms with Crippen LogP contribution in [-0.2, 0) is 6.61 Å². The number of hydrogen-bond donors (Lipinski definition) is 1. The summed E-state index contributed by atoms with van der Waals surface area (Å²) in [5, 5.41) is 12.0. The highest BCUT2D eigenvalue weighted by Crippen LogP contribution is 2.29. The number of methoxy groups -OCH3 is 2. The predicted molar refractivity (Wildman–Crippen MR) is 82.1 cm³/mol. The van der Waals surface area contributed by atoms with Crippen LogP contribution in [0.25, 0.3) is 0 Å². The van der Waals surface area contributed by atoms with Gasteiger partial charge in [0.2, 0.25) is 5.88 Å². The fourth-order valence-electron chi connectivity index (χ4n) is 1.85. The molecular formula is C16H18N2O4. The minimum Gasteiger partial charge on any atom is -0.493 e. The van der Waals surface area contributed by atoms with Gasteiger partial charge in [0.05, 0.1) is 19.9 Å². The first-order valence-electron chi connectivity index (χ1n) is 6.66. The van der Waals surface area contributed by atoms with Crippen LogP contribution in [0.1, 0.15) is 18.1 Å². The first-order chi connectivity index (χ1) is 10.7. The Hall–Kier alpha value is -2.76. The third-order valence-electron chi connectivity index (χ3n) is 3.13. The minimum absolute atomic E-state index is 0.361. The molecule has 0 unspecified atom stereocenters. The first kappa shape index (κ1) is 15.6. The molecule has 1 aromatic heterocycles. The van der Waals surface area contributed by atoms with Gasteiger partial charge < -0.3 is 19.4 Å². The molecule has 0 amide bonds. The molecule has 0 fully saturated rings. The molecule has 0 spiro atoms. The maximum Gasteiger partial charge on any atom is 0.212 e. The van der Waals surface area contributed by atoms with E-state index in [0.717, 1.165) is 11.1 Å². The standard InChI is InChI=1S/C16H18N2O4/c1-11(18-19)13-5-6-14(15(8-13)20-2)22-10-12-4-7-16(21-3)17-9-12/h4-9,19H,10H2,1-3H3/b18-11+. The van der Waals surface area contributed by atoms with Gasteiger partial charge in [-0.3, -0.25) is 0 Å². The number of aromatic nitrogens is 1. The Morgan fingerprint density at radius 1 is 1.14 bits per heavy atom. The number of benzene rings is 1. The number of nitrogens with zero attached hydrogens (tertiary/aromatic N) is 2. The quantitative estimate of drug-likeness (QED) is 0.504. The molecule has 0 aliphatic heterocycles. The maximum atomic E-state index is 8.81. The van der Waals surface area contributed by atoms with Gasteiger partial charge in [0.25, 0.3) is 0 Å². The van der Waals surface area contributed by atoms with E-state index in [1.54, 1.807) is 51.6 Å². The van der Waals surface area contributed by atoms with Gasteiger partial charge in [0.15, 0.2) is 11.5 Å². The molecule has 6 heteroatoms. The van der Waals surface area contributed by atoms with E-state index in [9.17, 15) is 0 Å². The van der Waals surface area contributed by atoms with E-state index in [2.05, 4.69) is 10.1 Å². The van der Waals surface area contributed by atoms with Crippen LogP contribution in [0.5, 0.6) is 17.4 Å². The van der Waals surface area contributed by atoms with Crippen LogP contribution in [0.3, 0.4) is 0 Å². The highest BCUT2D eigenvalue weighted by atomic mass is 16.5. The second kappa shape index (κ2) is 7.31.